The number of rotatable bonds is 1. The number of hydrogen-bond acceptors (Lipinski definition) is 3. The molecule has 0 aliphatic heterocycles. The van der Waals surface area contributed by atoms with E-state index in [2.05, 4.69) is 11.1 Å². The van der Waals surface area contributed by atoms with Crippen molar-refractivity contribution in [1.82, 2.24) is 9.55 Å². The molecule has 20 heavy (non-hydrogen) atoms. The van der Waals surface area contributed by atoms with Crippen LogP contribution in [0.25, 0.3) is 16.7 Å². The molecule has 6 heteroatoms. The van der Waals surface area contributed by atoms with Crippen LogP contribution >= 0.6 is 23.2 Å². The number of benzene rings is 2. The number of halogens is 2. The molecule has 3 rings (SSSR count). The second-order valence-corrected chi connectivity index (χ2v) is 4.98. The summed E-state index contributed by atoms with van der Waals surface area (Å²) in [6.07, 6.45) is 0. The molecule has 4 nitrogen and oxygen atoms in total. The van der Waals surface area contributed by atoms with E-state index in [-0.39, 0.29) is 0 Å². The van der Waals surface area contributed by atoms with E-state index in [1.54, 1.807) is 41.0 Å². The van der Waals surface area contributed by atoms with Crippen LogP contribution in [0.15, 0.2) is 36.4 Å². The number of anilines is 1. The van der Waals surface area contributed by atoms with Crippen molar-refractivity contribution in [2.75, 3.05) is 5.73 Å². The Hall–Kier alpha value is -2.22. The highest BCUT2D eigenvalue weighted by Crippen LogP contribution is 2.32. The zero-order chi connectivity index (χ0) is 14.3. The molecule has 0 spiro atoms. The molecule has 0 aliphatic rings. The Kier molecular flexibility index (Phi) is 3.01. The third-order valence-corrected chi connectivity index (χ3v) is 3.79. The van der Waals surface area contributed by atoms with Gasteiger partial charge in [0, 0.05) is 0 Å². The molecule has 0 radical (unpaired) electrons. The van der Waals surface area contributed by atoms with E-state index in [0.717, 1.165) is 0 Å². The molecule has 3 aromatic rings. The first kappa shape index (κ1) is 12.8. The first-order valence-electron chi connectivity index (χ1n) is 5.74. The van der Waals surface area contributed by atoms with Crippen molar-refractivity contribution >= 4 is 40.2 Å². The minimum Gasteiger partial charge on any atom is -0.369 e. The third kappa shape index (κ3) is 1.88. The second kappa shape index (κ2) is 4.71. The van der Waals surface area contributed by atoms with Gasteiger partial charge in [0.15, 0.2) is 0 Å². The Morgan fingerprint density at radius 1 is 1.20 bits per heavy atom. The van der Waals surface area contributed by atoms with Crippen LogP contribution < -0.4 is 5.73 Å². The topological polar surface area (TPSA) is 67.6 Å². The molecule has 0 amide bonds. The third-order valence-electron chi connectivity index (χ3n) is 2.98. The summed E-state index contributed by atoms with van der Waals surface area (Å²) >= 11 is 12.3. The van der Waals surface area contributed by atoms with Crippen molar-refractivity contribution in [3.05, 3.63) is 52.0 Å². The first-order chi connectivity index (χ1) is 9.61. The summed E-state index contributed by atoms with van der Waals surface area (Å²) in [5, 5.41) is 9.83. The number of nitrogens with two attached hydrogens (primary N) is 1. The van der Waals surface area contributed by atoms with Crippen molar-refractivity contribution in [2.24, 2.45) is 0 Å². The van der Waals surface area contributed by atoms with Crippen LogP contribution in [0.2, 0.25) is 10.0 Å². The molecule has 0 bridgehead atoms. The van der Waals surface area contributed by atoms with Gasteiger partial charge in [-0.05, 0) is 30.3 Å². The van der Waals surface area contributed by atoms with Gasteiger partial charge in [0.2, 0.25) is 5.95 Å². The van der Waals surface area contributed by atoms with E-state index in [0.29, 0.717) is 38.3 Å². The van der Waals surface area contributed by atoms with Crippen molar-refractivity contribution in [3.63, 3.8) is 0 Å². The van der Waals surface area contributed by atoms with Crippen LogP contribution in [0.3, 0.4) is 0 Å². The summed E-state index contributed by atoms with van der Waals surface area (Å²) in [6.45, 7) is 0. The zero-order valence-corrected chi connectivity index (χ0v) is 11.7. The average molecular weight is 303 g/mol. The summed E-state index contributed by atoms with van der Waals surface area (Å²) in [4.78, 5) is 4.27. The van der Waals surface area contributed by atoms with Gasteiger partial charge >= 0.3 is 0 Å². The van der Waals surface area contributed by atoms with Crippen molar-refractivity contribution < 1.29 is 0 Å². The van der Waals surface area contributed by atoms with Crippen LogP contribution in [-0.4, -0.2) is 9.55 Å². The highest BCUT2D eigenvalue weighted by molar-refractivity contribution is 6.43. The fraction of sp³-hybridized carbons (Fsp3) is 0. The van der Waals surface area contributed by atoms with Crippen LogP contribution in [0.4, 0.5) is 5.95 Å². The SMILES string of the molecule is N#Cc1ccc2nc(N)n(-c3cccc(Cl)c3Cl)c2c1. The van der Waals surface area contributed by atoms with E-state index in [1.807, 2.05) is 0 Å². The molecule has 0 atom stereocenters. The summed E-state index contributed by atoms with van der Waals surface area (Å²) in [7, 11) is 0. The molecule has 1 aromatic heterocycles. The highest BCUT2D eigenvalue weighted by Gasteiger charge is 2.14. The van der Waals surface area contributed by atoms with Gasteiger partial charge in [-0.3, -0.25) is 4.57 Å². The molecule has 0 saturated carbocycles. The van der Waals surface area contributed by atoms with Gasteiger partial charge in [0.25, 0.3) is 0 Å². The van der Waals surface area contributed by atoms with Crippen molar-refractivity contribution in [3.8, 4) is 11.8 Å². The molecule has 2 N–H and O–H groups in total. The van der Waals surface area contributed by atoms with Crippen LogP contribution in [-0.2, 0) is 0 Å². The van der Waals surface area contributed by atoms with Gasteiger partial charge in [-0.15, -0.1) is 0 Å². The molecule has 2 aromatic carbocycles. The smallest absolute Gasteiger partial charge is 0.205 e. The number of nitrogen functional groups attached to an aromatic ring is 1. The molecule has 98 valence electrons. The normalized spacial score (nSPS) is 10.7. The largest absolute Gasteiger partial charge is 0.369 e. The number of hydrogen-bond donors (Lipinski definition) is 1. The standard InChI is InChI=1S/C14H8Cl2N4/c15-9-2-1-3-11(13(9)16)20-12-6-8(7-17)4-5-10(12)19-14(20)18/h1-6H,(H2,18,19). The van der Waals surface area contributed by atoms with E-state index < -0.39 is 0 Å². The number of fused-ring (bicyclic) bond motifs is 1. The number of nitriles is 1. The minimum absolute atomic E-state index is 0.291. The van der Waals surface area contributed by atoms with Crippen LogP contribution in [0.1, 0.15) is 5.56 Å². The Morgan fingerprint density at radius 3 is 2.75 bits per heavy atom. The zero-order valence-electron chi connectivity index (χ0n) is 10.1. The predicted octanol–water partition coefficient (Wildman–Crippen LogP) is 3.79. The molecule has 0 aliphatic carbocycles. The van der Waals surface area contributed by atoms with Gasteiger partial charge in [-0.1, -0.05) is 29.3 Å². The molecule has 0 unspecified atom stereocenters. The predicted molar refractivity (Wildman–Crippen MR) is 80.2 cm³/mol. The minimum atomic E-state index is 0.291. The van der Waals surface area contributed by atoms with Crippen LogP contribution in [0, 0.1) is 11.3 Å². The van der Waals surface area contributed by atoms with Gasteiger partial charge < -0.3 is 5.73 Å². The van der Waals surface area contributed by atoms with Gasteiger partial charge in [0.1, 0.15) is 0 Å². The van der Waals surface area contributed by atoms with Gasteiger partial charge in [-0.25, -0.2) is 4.98 Å². The fourth-order valence-electron chi connectivity index (χ4n) is 2.08. The fourth-order valence-corrected chi connectivity index (χ4v) is 2.46. The lowest BCUT2D eigenvalue weighted by molar-refractivity contribution is 1.11. The highest BCUT2D eigenvalue weighted by atomic mass is 35.5. The lowest BCUT2D eigenvalue weighted by Gasteiger charge is -2.09. The second-order valence-electron chi connectivity index (χ2n) is 4.19. The van der Waals surface area contributed by atoms with E-state index in [9.17, 15) is 0 Å². The summed E-state index contributed by atoms with van der Waals surface area (Å²) in [5.41, 5.74) is 8.53. The van der Waals surface area contributed by atoms with E-state index in [4.69, 9.17) is 34.2 Å². The van der Waals surface area contributed by atoms with Crippen molar-refractivity contribution in [1.29, 1.82) is 5.26 Å². The Labute approximate surface area is 125 Å². The van der Waals surface area contributed by atoms with Gasteiger partial charge in [0.05, 0.1) is 38.4 Å². The quantitative estimate of drug-likeness (QED) is 0.743. The maximum Gasteiger partial charge on any atom is 0.205 e. The maximum atomic E-state index is 9.01. The molecular formula is C14H8Cl2N4. The molecule has 0 fully saturated rings. The average Bonchev–Trinajstić information content (AvgIpc) is 2.77. The molecule has 0 saturated heterocycles. The maximum absolute atomic E-state index is 9.01. The lowest BCUT2D eigenvalue weighted by Crippen LogP contribution is -2.01. The van der Waals surface area contributed by atoms with E-state index >= 15 is 0 Å². The monoisotopic (exact) mass is 302 g/mol. The summed E-state index contributed by atoms with van der Waals surface area (Å²) in [5.74, 6) is 0.291. The van der Waals surface area contributed by atoms with Crippen LogP contribution in [0.5, 0.6) is 0 Å². The number of nitrogens with zero attached hydrogens (tertiary/aromatic N) is 3. The Bertz CT molecular complexity index is 861. The lowest BCUT2D eigenvalue weighted by atomic mass is 10.2. The molecule has 1 heterocycles. The Morgan fingerprint density at radius 2 is 2.00 bits per heavy atom. The van der Waals surface area contributed by atoms with Crippen molar-refractivity contribution in [2.45, 2.75) is 0 Å². The first-order valence-corrected chi connectivity index (χ1v) is 6.50. The summed E-state index contributed by atoms with van der Waals surface area (Å²) < 4.78 is 1.68. The summed E-state index contributed by atoms with van der Waals surface area (Å²) in [6, 6.07) is 12.5. The van der Waals surface area contributed by atoms with E-state index in [1.165, 1.54) is 0 Å². The number of aromatic nitrogens is 2. The Balaban J connectivity index is 2.38. The molecular weight excluding hydrogens is 295 g/mol. The number of imidazole rings is 1. The van der Waals surface area contributed by atoms with Gasteiger partial charge in [-0.2, -0.15) is 5.26 Å².